The van der Waals surface area contributed by atoms with Gasteiger partial charge in [-0.15, -0.1) is 0 Å². The number of nitrogens with zero attached hydrogens (tertiary/aromatic N) is 5. The van der Waals surface area contributed by atoms with Gasteiger partial charge in [0, 0.05) is 90.2 Å². The molecule has 0 amide bonds. The first kappa shape index (κ1) is 40.3. The maximum absolute atomic E-state index is 6.11. The molecule has 11 rings (SSSR count). The van der Waals surface area contributed by atoms with E-state index in [1.54, 1.807) is 12.4 Å². The molecule has 0 aliphatic carbocycles. The van der Waals surface area contributed by atoms with E-state index in [4.69, 9.17) is 20.7 Å². The van der Waals surface area contributed by atoms with Crippen LogP contribution in [-0.4, -0.2) is 38.7 Å². The molecular weight excluding hydrogens is 809 g/mol. The number of benzene rings is 4. The number of hydrogen-bond acceptors (Lipinski definition) is 8. The first-order valence-electron chi connectivity index (χ1n) is 22.4. The fraction of sp³-hybridized carbons (Fsp3) is 0.0862. The van der Waals surface area contributed by atoms with Gasteiger partial charge >= 0.3 is 0 Å². The highest BCUT2D eigenvalue weighted by Crippen LogP contribution is 2.39. The van der Waals surface area contributed by atoms with Gasteiger partial charge in [-0.3, -0.25) is 24.9 Å². The third-order valence-corrected chi connectivity index (χ3v) is 12.7. The summed E-state index contributed by atoms with van der Waals surface area (Å²) in [6, 6.07) is 39.1. The van der Waals surface area contributed by atoms with Crippen LogP contribution in [0.5, 0.6) is 0 Å². The summed E-state index contributed by atoms with van der Waals surface area (Å²) in [5, 5.41) is 14.0. The molecule has 4 aromatic heterocycles. The molecule has 0 saturated heterocycles. The summed E-state index contributed by atoms with van der Waals surface area (Å²) in [6.45, 7) is 0.849. The number of aliphatic imine (C=N–C) groups is 1. The normalized spacial score (nSPS) is 17.2. The number of rotatable bonds is 10. The first-order valence-corrected chi connectivity index (χ1v) is 22.4. The van der Waals surface area contributed by atoms with E-state index >= 15 is 0 Å². The molecule has 0 fully saturated rings. The van der Waals surface area contributed by atoms with Crippen molar-refractivity contribution in [2.45, 2.75) is 24.9 Å². The number of fused-ring (bicyclic) bond motifs is 6. The Morgan fingerprint density at radius 2 is 1.39 bits per heavy atom. The maximum atomic E-state index is 6.11. The van der Waals surface area contributed by atoms with Crippen molar-refractivity contribution < 1.29 is 0 Å². The standard InChI is InChI=1S/C58H46N8/c59-30-41(7-3-6-38-12-21-55(62-31-38)44-8-4-26-60-32-44)54-22-15-42(34-63-54)39-13-19-50-51-20-14-40(29-53(51)49-11-2-1-10-48(49)52(50)28-39)43-16-23-57(64-35-43)46-18-25-58(66-37-46)47-17-24-56(65-36-47)45-9-5-27-61-33-45/h1-5,7-24,27-37,56,58,60,65H,6,25-26,59H2/b7-3-,41-30+. The summed E-state index contributed by atoms with van der Waals surface area (Å²) in [5.74, 6) is 0. The van der Waals surface area contributed by atoms with Gasteiger partial charge in [-0.05, 0) is 109 Å². The van der Waals surface area contributed by atoms with Gasteiger partial charge < -0.3 is 16.4 Å². The molecule has 0 spiro atoms. The average molecular weight is 855 g/mol. The molecule has 4 aromatic carbocycles. The van der Waals surface area contributed by atoms with Crippen LogP contribution in [0.15, 0.2) is 212 Å². The van der Waals surface area contributed by atoms with Gasteiger partial charge in [-0.25, -0.2) is 0 Å². The van der Waals surface area contributed by atoms with E-state index in [1.165, 1.54) is 37.9 Å². The Morgan fingerprint density at radius 3 is 2.00 bits per heavy atom. The predicted molar refractivity (Wildman–Crippen MR) is 272 cm³/mol. The van der Waals surface area contributed by atoms with E-state index < -0.39 is 0 Å². The van der Waals surface area contributed by atoms with Crippen molar-refractivity contribution in [2.75, 3.05) is 6.54 Å². The predicted octanol–water partition coefficient (Wildman–Crippen LogP) is 11.7. The first-order chi connectivity index (χ1) is 32.6. The van der Waals surface area contributed by atoms with Crippen LogP contribution in [0.4, 0.5) is 0 Å². The lowest BCUT2D eigenvalue weighted by Gasteiger charge is -2.23. The molecule has 2 unspecified atom stereocenters. The van der Waals surface area contributed by atoms with Crippen molar-refractivity contribution in [2.24, 2.45) is 10.7 Å². The molecule has 0 saturated carbocycles. The summed E-state index contributed by atoms with van der Waals surface area (Å²) >= 11 is 0. The molecule has 66 heavy (non-hydrogen) atoms. The number of allylic oxidation sites excluding steroid dienone is 6. The fourth-order valence-electron chi connectivity index (χ4n) is 9.07. The van der Waals surface area contributed by atoms with Crippen molar-refractivity contribution >= 4 is 55.3 Å². The Hall–Kier alpha value is -8.49. The topological polar surface area (TPSA) is 114 Å². The third kappa shape index (κ3) is 8.12. The second kappa shape index (κ2) is 17.9. The molecule has 318 valence electrons. The quantitative estimate of drug-likeness (QED) is 0.0927. The number of pyridine rings is 4. The highest BCUT2D eigenvalue weighted by Gasteiger charge is 2.19. The summed E-state index contributed by atoms with van der Waals surface area (Å²) in [7, 11) is 0. The Bertz CT molecular complexity index is 3350. The minimum atomic E-state index is 0.0752. The minimum absolute atomic E-state index is 0.0752. The summed E-state index contributed by atoms with van der Waals surface area (Å²) < 4.78 is 0. The highest BCUT2D eigenvalue weighted by atomic mass is 14.9. The van der Waals surface area contributed by atoms with Gasteiger partial charge in [0.05, 0.1) is 29.2 Å². The van der Waals surface area contributed by atoms with Gasteiger partial charge in [-0.2, -0.15) is 0 Å². The summed E-state index contributed by atoms with van der Waals surface area (Å²) in [4.78, 5) is 23.6. The smallest absolute Gasteiger partial charge is 0.0797 e. The zero-order valence-electron chi connectivity index (χ0n) is 36.2. The van der Waals surface area contributed by atoms with Gasteiger partial charge in [0.1, 0.15) is 0 Å². The summed E-state index contributed by atoms with van der Waals surface area (Å²) in [5.41, 5.74) is 19.6. The Kier molecular flexibility index (Phi) is 11.0. The third-order valence-electron chi connectivity index (χ3n) is 12.7. The van der Waals surface area contributed by atoms with E-state index in [-0.39, 0.29) is 12.1 Å². The Balaban J connectivity index is 0.786. The van der Waals surface area contributed by atoms with E-state index in [1.807, 2.05) is 55.4 Å². The van der Waals surface area contributed by atoms with Crippen LogP contribution in [0, 0.1) is 0 Å². The second-order valence-electron chi connectivity index (χ2n) is 16.7. The van der Waals surface area contributed by atoms with Crippen molar-refractivity contribution in [3.05, 3.63) is 235 Å². The molecule has 3 aliphatic heterocycles. The molecular formula is C58H46N8. The zero-order valence-corrected chi connectivity index (χ0v) is 36.2. The Labute approximate surface area is 383 Å². The lowest BCUT2D eigenvalue weighted by atomic mass is 9.90. The lowest BCUT2D eigenvalue weighted by Crippen LogP contribution is -2.21. The molecule has 7 heterocycles. The van der Waals surface area contributed by atoms with E-state index in [0.717, 1.165) is 86.6 Å². The van der Waals surface area contributed by atoms with Crippen LogP contribution in [0.1, 0.15) is 40.7 Å². The SMILES string of the molecule is N/C=C(\C=C/Cc1ccc(C2=CNCC=C2)nc1)c1ccc(-c2ccc3c4ccc(-c5ccc(C6=CCC(C7=CNC(c8cccnc8)C=C7)N=C6)nc5)cc4c4ccccc4c3c2)cn1. The molecule has 8 nitrogen and oxygen atoms in total. The van der Waals surface area contributed by atoms with Crippen LogP contribution >= 0.6 is 0 Å². The minimum Gasteiger partial charge on any atom is -0.404 e. The van der Waals surface area contributed by atoms with Crippen molar-refractivity contribution in [3.8, 4) is 22.3 Å². The maximum Gasteiger partial charge on any atom is 0.0797 e. The zero-order chi connectivity index (χ0) is 44.2. The average Bonchev–Trinajstić information content (AvgIpc) is 3.40. The van der Waals surface area contributed by atoms with E-state index in [0.29, 0.717) is 0 Å². The molecule has 8 heteroatoms. The van der Waals surface area contributed by atoms with Crippen LogP contribution in [0.2, 0.25) is 0 Å². The van der Waals surface area contributed by atoms with Crippen molar-refractivity contribution in [1.82, 2.24) is 30.6 Å². The van der Waals surface area contributed by atoms with Crippen LogP contribution in [0.25, 0.3) is 71.3 Å². The molecule has 2 atom stereocenters. The lowest BCUT2D eigenvalue weighted by molar-refractivity contribution is 0.705. The molecule has 4 N–H and O–H groups in total. The number of nitrogens with two attached hydrogens (primary N) is 1. The monoisotopic (exact) mass is 854 g/mol. The Morgan fingerprint density at radius 1 is 0.667 bits per heavy atom. The van der Waals surface area contributed by atoms with E-state index in [9.17, 15) is 0 Å². The highest BCUT2D eigenvalue weighted by molar-refractivity contribution is 6.26. The fourth-order valence-corrected chi connectivity index (χ4v) is 9.07. The van der Waals surface area contributed by atoms with Crippen LogP contribution in [-0.2, 0) is 6.42 Å². The second-order valence-corrected chi connectivity index (χ2v) is 16.7. The van der Waals surface area contributed by atoms with Crippen molar-refractivity contribution in [3.63, 3.8) is 0 Å². The molecule has 8 aromatic rings. The molecule has 0 bridgehead atoms. The van der Waals surface area contributed by atoms with E-state index in [2.05, 4.69) is 160 Å². The summed E-state index contributed by atoms with van der Waals surface area (Å²) in [6.07, 6.45) is 33.7. The molecule has 0 radical (unpaired) electrons. The van der Waals surface area contributed by atoms with Gasteiger partial charge in [0.2, 0.25) is 0 Å². The van der Waals surface area contributed by atoms with Gasteiger partial charge in [0.15, 0.2) is 0 Å². The van der Waals surface area contributed by atoms with Crippen molar-refractivity contribution in [1.29, 1.82) is 0 Å². The number of dihydropyridines is 3. The van der Waals surface area contributed by atoms with Gasteiger partial charge in [-0.1, -0.05) is 115 Å². The van der Waals surface area contributed by atoms with Crippen LogP contribution < -0.4 is 16.4 Å². The largest absolute Gasteiger partial charge is 0.404 e. The van der Waals surface area contributed by atoms with Crippen LogP contribution in [0.3, 0.4) is 0 Å². The van der Waals surface area contributed by atoms with Gasteiger partial charge in [0.25, 0.3) is 0 Å². The number of aromatic nitrogens is 4. The molecule has 3 aliphatic rings. The number of hydrogen-bond donors (Lipinski definition) is 3. The number of nitrogens with one attached hydrogen (secondary N) is 2.